The number of nitrogens with zero attached hydrogens (tertiary/aromatic N) is 1. The molecule has 1 aromatic carbocycles. The minimum Gasteiger partial charge on any atom is -0.352 e. The van der Waals surface area contributed by atoms with Crippen LogP contribution in [0.5, 0.6) is 0 Å². The summed E-state index contributed by atoms with van der Waals surface area (Å²) in [5.74, 6) is 0.146. The molecule has 0 aliphatic carbocycles. The molecule has 1 heterocycles. The zero-order valence-corrected chi connectivity index (χ0v) is 13.2. The third-order valence-electron chi connectivity index (χ3n) is 3.30. The molecule has 2 aromatic rings. The van der Waals surface area contributed by atoms with Gasteiger partial charge < -0.3 is 5.32 Å². The monoisotopic (exact) mass is 322 g/mol. The van der Waals surface area contributed by atoms with E-state index in [2.05, 4.69) is 29.4 Å². The molecule has 0 aliphatic rings. The Hall–Kier alpha value is -1.58. The number of aromatic nitrogens is 1. The van der Waals surface area contributed by atoms with Crippen LogP contribution >= 0.6 is 23.2 Å². The topological polar surface area (TPSA) is 42.0 Å². The first-order valence-electron chi connectivity index (χ1n) is 6.72. The molecule has 0 bridgehead atoms. The van der Waals surface area contributed by atoms with Crippen LogP contribution in [0.1, 0.15) is 35.2 Å². The SMILES string of the molecule is CC(CCNC(=O)c1cc(Cl)ncc1Cl)c1ccccc1. The molecular weight excluding hydrogens is 307 g/mol. The maximum atomic E-state index is 12.1. The lowest BCUT2D eigenvalue weighted by Crippen LogP contribution is -2.25. The van der Waals surface area contributed by atoms with Crippen LogP contribution in [0.3, 0.4) is 0 Å². The second kappa shape index (κ2) is 7.43. The van der Waals surface area contributed by atoms with Crippen LogP contribution in [0.4, 0.5) is 0 Å². The Kier molecular flexibility index (Phi) is 5.59. The van der Waals surface area contributed by atoms with Gasteiger partial charge >= 0.3 is 0 Å². The third kappa shape index (κ3) is 4.45. The van der Waals surface area contributed by atoms with Crippen LogP contribution in [-0.2, 0) is 0 Å². The van der Waals surface area contributed by atoms with Gasteiger partial charge in [0, 0.05) is 12.7 Å². The van der Waals surface area contributed by atoms with Crippen molar-refractivity contribution in [3.05, 3.63) is 63.9 Å². The fourth-order valence-electron chi connectivity index (χ4n) is 2.03. The van der Waals surface area contributed by atoms with E-state index < -0.39 is 0 Å². The number of carbonyl (C=O) groups excluding carboxylic acids is 1. The molecule has 0 fully saturated rings. The van der Waals surface area contributed by atoms with E-state index in [9.17, 15) is 4.79 Å². The highest BCUT2D eigenvalue weighted by Crippen LogP contribution is 2.19. The summed E-state index contributed by atoms with van der Waals surface area (Å²) >= 11 is 11.7. The number of hydrogen-bond acceptors (Lipinski definition) is 2. The zero-order valence-electron chi connectivity index (χ0n) is 11.6. The van der Waals surface area contributed by atoms with Gasteiger partial charge in [-0.2, -0.15) is 0 Å². The number of halogens is 2. The van der Waals surface area contributed by atoms with Gasteiger partial charge in [0.15, 0.2) is 0 Å². The number of benzene rings is 1. The van der Waals surface area contributed by atoms with Crippen molar-refractivity contribution in [3.8, 4) is 0 Å². The fraction of sp³-hybridized carbons (Fsp3) is 0.250. The van der Waals surface area contributed by atoms with Gasteiger partial charge in [-0.25, -0.2) is 4.98 Å². The van der Waals surface area contributed by atoms with Crippen molar-refractivity contribution in [2.45, 2.75) is 19.3 Å². The Morgan fingerprint density at radius 1 is 1.29 bits per heavy atom. The molecular formula is C16H16Cl2N2O. The van der Waals surface area contributed by atoms with Crippen LogP contribution in [0.25, 0.3) is 0 Å². The van der Waals surface area contributed by atoms with Gasteiger partial charge in [-0.3, -0.25) is 4.79 Å². The second-order valence-corrected chi connectivity index (χ2v) is 5.64. The van der Waals surface area contributed by atoms with E-state index >= 15 is 0 Å². The van der Waals surface area contributed by atoms with Crippen molar-refractivity contribution in [1.29, 1.82) is 0 Å². The summed E-state index contributed by atoms with van der Waals surface area (Å²) in [5, 5.41) is 3.41. The summed E-state index contributed by atoms with van der Waals surface area (Å²) in [6.45, 7) is 2.71. The quantitative estimate of drug-likeness (QED) is 0.833. The average Bonchev–Trinajstić information content (AvgIpc) is 2.50. The average molecular weight is 323 g/mol. The van der Waals surface area contributed by atoms with Crippen molar-refractivity contribution in [1.82, 2.24) is 10.3 Å². The minimum atomic E-state index is -0.232. The number of rotatable bonds is 5. The van der Waals surface area contributed by atoms with Gasteiger partial charge in [0.25, 0.3) is 5.91 Å². The summed E-state index contributed by atoms with van der Waals surface area (Å²) in [4.78, 5) is 15.9. The molecule has 3 nitrogen and oxygen atoms in total. The Balaban J connectivity index is 1.88. The van der Waals surface area contributed by atoms with Crippen LogP contribution < -0.4 is 5.32 Å². The number of nitrogens with one attached hydrogen (secondary N) is 1. The van der Waals surface area contributed by atoms with Gasteiger partial charge in [-0.1, -0.05) is 60.5 Å². The first-order valence-corrected chi connectivity index (χ1v) is 7.47. The Labute approximate surface area is 134 Å². The number of carbonyl (C=O) groups is 1. The van der Waals surface area contributed by atoms with Crippen molar-refractivity contribution < 1.29 is 4.79 Å². The van der Waals surface area contributed by atoms with E-state index in [0.29, 0.717) is 23.0 Å². The lowest BCUT2D eigenvalue weighted by molar-refractivity contribution is 0.0952. The first-order chi connectivity index (χ1) is 10.1. The Morgan fingerprint density at radius 2 is 2.00 bits per heavy atom. The van der Waals surface area contributed by atoms with Crippen LogP contribution in [0.15, 0.2) is 42.6 Å². The third-order valence-corrected chi connectivity index (χ3v) is 3.81. The summed E-state index contributed by atoms with van der Waals surface area (Å²) < 4.78 is 0. The van der Waals surface area contributed by atoms with Crippen molar-refractivity contribution in [2.24, 2.45) is 0 Å². The predicted octanol–water partition coefficient (Wildman–Crippen LogP) is 4.31. The highest BCUT2D eigenvalue weighted by Gasteiger charge is 2.12. The van der Waals surface area contributed by atoms with Crippen molar-refractivity contribution in [2.75, 3.05) is 6.54 Å². The highest BCUT2D eigenvalue weighted by molar-refractivity contribution is 6.35. The molecule has 1 N–H and O–H groups in total. The van der Waals surface area contributed by atoms with E-state index in [1.165, 1.54) is 17.8 Å². The summed E-state index contributed by atoms with van der Waals surface area (Å²) in [5.41, 5.74) is 1.61. The molecule has 21 heavy (non-hydrogen) atoms. The van der Waals surface area contributed by atoms with E-state index in [4.69, 9.17) is 23.2 Å². The van der Waals surface area contributed by atoms with Gasteiger partial charge in [-0.05, 0) is 24.0 Å². The standard InChI is InChI=1S/C16H16Cl2N2O/c1-11(12-5-3-2-4-6-12)7-8-19-16(21)13-9-15(18)20-10-14(13)17/h2-6,9-11H,7-8H2,1H3,(H,19,21). The molecule has 1 amide bonds. The lowest BCUT2D eigenvalue weighted by atomic mass is 9.98. The van der Waals surface area contributed by atoms with E-state index in [0.717, 1.165) is 6.42 Å². The normalized spacial score (nSPS) is 12.0. The molecule has 1 aromatic heterocycles. The molecule has 0 spiro atoms. The van der Waals surface area contributed by atoms with Crippen LogP contribution in [0.2, 0.25) is 10.2 Å². The molecule has 2 rings (SSSR count). The number of amides is 1. The fourth-order valence-corrected chi connectivity index (χ4v) is 2.38. The zero-order chi connectivity index (χ0) is 15.2. The maximum absolute atomic E-state index is 12.1. The first kappa shape index (κ1) is 15.8. The van der Waals surface area contributed by atoms with E-state index in [1.54, 1.807) is 0 Å². The summed E-state index contributed by atoms with van der Waals surface area (Å²) in [6, 6.07) is 11.7. The molecule has 5 heteroatoms. The molecule has 0 saturated heterocycles. The lowest BCUT2D eigenvalue weighted by Gasteiger charge is -2.12. The Morgan fingerprint density at radius 3 is 2.71 bits per heavy atom. The summed E-state index contributed by atoms with van der Waals surface area (Å²) in [7, 11) is 0. The number of pyridine rings is 1. The largest absolute Gasteiger partial charge is 0.352 e. The van der Waals surface area contributed by atoms with Gasteiger partial charge in [0.05, 0.1) is 10.6 Å². The number of hydrogen-bond donors (Lipinski definition) is 1. The molecule has 1 unspecified atom stereocenters. The second-order valence-electron chi connectivity index (χ2n) is 4.84. The summed E-state index contributed by atoms with van der Waals surface area (Å²) in [6.07, 6.45) is 2.23. The highest BCUT2D eigenvalue weighted by atomic mass is 35.5. The minimum absolute atomic E-state index is 0.232. The molecule has 1 atom stereocenters. The smallest absolute Gasteiger partial charge is 0.252 e. The molecule has 0 aliphatic heterocycles. The molecule has 110 valence electrons. The maximum Gasteiger partial charge on any atom is 0.252 e. The van der Waals surface area contributed by atoms with Crippen LogP contribution in [0, 0.1) is 0 Å². The van der Waals surface area contributed by atoms with E-state index in [-0.39, 0.29) is 11.1 Å². The van der Waals surface area contributed by atoms with E-state index in [1.807, 2.05) is 18.2 Å². The van der Waals surface area contributed by atoms with Gasteiger partial charge in [0.1, 0.15) is 5.15 Å². The Bertz CT molecular complexity index is 617. The van der Waals surface area contributed by atoms with Crippen molar-refractivity contribution in [3.63, 3.8) is 0 Å². The van der Waals surface area contributed by atoms with Crippen molar-refractivity contribution >= 4 is 29.1 Å². The predicted molar refractivity (Wildman–Crippen MR) is 86.1 cm³/mol. The van der Waals surface area contributed by atoms with Gasteiger partial charge in [0.2, 0.25) is 0 Å². The molecule has 0 saturated carbocycles. The van der Waals surface area contributed by atoms with Crippen LogP contribution in [-0.4, -0.2) is 17.4 Å². The van der Waals surface area contributed by atoms with Gasteiger partial charge in [-0.15, -0.1) is 0 Å². The molecule has 0 radical (unpaired) electrons.